The second-order valence-corrected chi connectivity index (χ2v) is 5.66. The Morgan fingerprint density at radius 1 is 1.09 bits per heavy atom. The Bertz CT molecular complexity index is 675. The van der Waals surface area contributed by atoms with E-state index in [1.807, 2.05) is 38.1 Å². The third kappa shape index (κ3) is 5.49. The van der Waals surface area contributed by atoms with Gasteiger partial charge >= 0.3 is 0 Å². The largest absolute Gasteiger partial charge is 0.491 e. The third-order valence-electron chi connectivity index (χ3n) is 2.93. The highest BCUT2D eigenvalue weighted by molar-refractivity contribution is 7.80. The first-order valence-corrected chi connectivity index (χ1v) is 7.60. The van der Waals surface area contributed by atoms with Gasteiger partial charge in [-0.1, -0.05) is 12.1 Å². The van der Waals surface area contributed by atoms with Crippen LogP contribution in [0.3, 0.4) is 0 Å². The molecule has 6 heteroatoms. The molecule has 0 amide bonds. The van der Waals surface area contributed by atoms with Crippen LogP contribution in [-0.2, 0) is 6.54 Å². The van der Waals surface area contributed by atoms with E-state index in [4.69, 9.17) is 17.0 Å². The van der Waals surface area contributed by atoms with E-state index >= 15 is 0 Å². The highest BCUT2D eigenvalue weighted by Crippen LogP contribution is 2.14. The van der Waals surface area contributed by atoms with E-state index < -0.39 is 11.6 Å². The molecular weight excluding hydrogens is 318 g/mol. The Balaban J connectivity index is 1.85. The van der Waals surface area contributed by atoms with E-state index in [0.717, 1.165) is 23.4 Å². The van der Waals surface area contributed by atoms with Crippen molar-refractivity contribution in [2.45, 2.75) is 26.5 Å². The summed E-state index contributed by atoms with van der Waals surface area (Å²) in [5.41, 5.74) is 1.41. The van der Waals surface area contributed by atoms with Crippen LogP contribution in [0.2, 0.25) is 0 Å². The summed E-state index contributed by atoms with van der Waals surface area (Å²) in [6.45, 7) is 4.45. The van der Waals surface area contributed by atoms with Crippen LogP contribution < -0.4 is 15.4 Å². The number of halogens is 2. The molecule has 0 radical (unpaired) electrons. The predicted molar refractivity (Wildman–Crippen MR) is 91.6 cm³/mol. The van der Waals surface area contributed by atoms with E-state index in [1.54, 1.807) is 0 Å². The van der Waals surface area contributed by atoms with Gasteiger partial charge in [-0.15, -0.1) is 0 Å². The number of nitrogens with one attached hydrogen (secondary N) is 2. The third-order valence-corrected chi connectivity index (χ3v) is 3.17. The van der Waals surface area contributed by atoms with Gasteiger partial charge in [0.05, 0.1) is 6.10 Å². The molecule has 2 aromatic carbocycles. The Morgan fingerprint density at radius 2 is 1.78 bits per heavy atom. The van der Waals surface area contributed by atoms with Gasteiger partial charge in [0, 0.05) is 18.3 Å². The summed E-state index contributed by atoms with van der Waals surface area (Å²) in [7, 11) is 0. The first kappa shape index (κ1) is 17.1. The molecule has 0 spiro atoms. The molecular formula is C17H18F2N2OS. The molecule has 0 atom stereocenters. The molecule has 0 heterocycles. The standard InChI is InChI=1S/C17H18F2N2OS/c1-11(2)22-14-6-3-12(4-7-14)10-20-17(23)21-13-5-8-15(18)16(19)9-13/h3-9,11H,10H2,1-2H3,(H2,20,21,23). The van der Waals surface area contributed by atoms with Crippen LogP contribution in [0.4, 0.5) is 14.5 Å². The zero-order chi connectivity index (χ0) is 16.8. The van der Waals surface area contributed by atoms with Crippen LogP contribution >= 0.6 is 12.2 Å². The lowest BCUT2D eigenvalue weighted by Crippen LogP contribution is -2.27. The van der Waals surface area contributed by atoms with Crippen molar-refractivity contribution in [3.05, 3.63) is 59.7 Å². The minimum atomic E-state index is -0.918. The molecule has 0 aliphatic heterocycles. The molecule has 0 aromatic heterocycles. The second kappa shape index (κ2) is 7.87. The van der Waals surface area contributed by atoms with E-state index in [2.05, 4.69) is 10.6 Å². The summed E-state index contributed by atoms with van der Waals surface area (Å²) < 4.78 is 31.5. The number of thiocarbonyl (C=S) groups is 1. The topological polar surface area (TPSA) is 33.3 Å². The SMILES string of the molecule is CC(C)Oc1ccc(CNC(=S)Nc2ccc(F)c(F)c2)cc1. The molecule has 23 heavy (non-hydrogen) atoms. The average Bonchev–Trinajstić information content (AvgIpc) is 2.50. The van der Waals surface area contributed by atoms with E-state index in [-0.39, 0.29) is 6.10 Å². The fourth-order valence-electron chi connectivity index (χ4n) is 1.89. The number of ether oxygens (including phenoxy) is 1. The fraction of sp³-hybridized carbons (Fsp3) is 0.235. The van der Waals surface area contributed by atoms with Gasteiger partial charge in [0.15, 0.2) is 16.7 Å². The molecule has 2 rings (SSSR count). The predicted octanol–water partition coefficient (Wildman–Crippen LogP) is 4.24. The molecule has 3 nitrogen and oxygen atoms in total. The van der Waals surface area contributed by atoms with Crippen molar-refractivity contribution >= 4 is 23.0 Å². The lowest BCUT2D eigenvalue weighted by atomic mass is 10.2. The summed E-state index contributed by atoms with van der Waals surface area (Å²) in [6.07, 6.45) is 0.131. The molecule has 2 N–H and O–H groups in total. The van der Waals surface area contributed by atoms with Crippen molar-refractivity contribution in [2.75, 3.05) is 5.32 Å². The first-order valence-electron chi connectivity index (χ1n) is 7.19. The number of anilines is 1. The lowest BCUT2D eigenvalue weighted by Gasteiger charge is -2.12. The average molecular weight is 336 g/mol. The second-order valence-electron chi connectivity index (χ2n) is 5.25. The molecule has 0 saturated carbocycles. The summed E-state index contributed by atoms with van der Waals surface area (Å²) in [4.78, 5) is 0. The van der Waals surface area contributed by atoms with Crippen molar-refractivity contribution in [3.8, 4) is 5.75 Å². The van der Waals surface area contributed by atoms with Gasteiger partial charge in [0.25, 0.3) is 0 Å². The van der Waals surface area contributed by atoms with Crippen LogP contribution in [0.5, 0.6) is 5.75 Å². The highest BCUT2D eigenvalue weighted by Gasteiger charge is 2.04. The van der Waals surface area contributed by atoms with Gasteiger partial charge in [-0.05, 0) is 55.9 Å². The Hall–Kier alpha value is -2.21. The maximum absolute atomic E-state index is 13.1. The molecule has 0 bridgehead atoms. The van der Waals surface area contributed by atoms with Crippen molar-refractivity contribution in [2.24, 2.45) is 0 Å². The first-order chi connectivity index (χ1) is 10.9. The zero-order valence-electron chi connectivity index (χ0n) is 12.9. The van der Waals surface area contributed by atoms with Gasteiger partial charge in [0.2, 0.25) is 0 Å². The van der Waals surface area contributed by atoms with E-state index in [1.165, 1.54) is 6.07 Å². The number of rotatable bonds is 5. The van der Waals surface area contributed by atoms with Crippen LogP contribution in [-0.4, -0.2) is 11.2 Å². The molecule has 122 valence electrons. The van der Waals surface area contributed by atoms with Crippen LogP contribution in [0, 0.1) is 11.6 Å². The van der Waals surface area contributed by atoms with Crippen molar-refractivity contribution in [1.82, 2.24) is 5.32 Å². The molecule has 0 aliphatic rings. The smallest absolute Gasteiger partial charge is 0.171 e. The molecule has 0 saturated heterocycles. The fourth-order valence-corrected chi connectivity index (χ4v) is 2.08. The summed E-state index contributed by atoms with van der Waals surface area (Å²) >= 11 is 5.13. The van der Waals surface area contributed by atoms with Crippen molar-refractivity contribution in [3.63, 3.8) is 0 Å². The number of hydrogen-bond acceptors (Lipinski definition) is 2. The zero-order valence-corrected chi connectivity index (χ0v) is 13.7. The lowest BCUT2D eigenvalue weighted by molar-refractivity contribution is 0.242. The molecule has 2 aromatic rings. The summed E-state index contributed by atoms with van der Waals surface area (Å²) in [5, 5.41) is 6.14. The normalized spacial score (nSPS) is 10.5. The Labute approximate surface area is 139 Å². The van der Waals surface area contributed by atoms with Gasteiger partial charge in [-0.2, -0.15) is 0 Å². The van der Waals surface area contributed by atoms with Gasteiger partial charge in [0.1, 0.15) is 5.75 Å². The minimum Gasteiger partial charge on any atom is -0.491 e. The maximum atomic E-state index is 13.1. The Kier molecular flexibility index (Phi) is 5.87. The summed E-state index contributed by atoms with van der Waals surface area (Å²) in [5.74, 6) is -0.997. The van der Waals surface area contributed by atoms with Crippen LogP contribution in [0.25, 0.3) is 0 Å². The monoisotopic (exact) mass is 336 g/mol. The quantitative estimate of drug-likeness (QED) is 0.800. The highest BCUT2D eigenvalue weighted by atomic mass is 32.1. The van der Waals surface area contributed by atoms with Crippen LogP contribution in [0.1, 0.15) is 19.4 Å². The molecule has 0 aliphatic carbocycles. The Morgan fingerprint density at radius 3 is 2.39 bits per heavy atom. The number of hydrogen-bond donors (Lipinski definition) is 2. The number of benzene rings is 2. The van der Waals surface area contributed by atoms with Crippen LogP contribution in [0.15, 0.2) is 42.5 Å². The molecule has 0 unspecified atom stereocenters. The van der Waals surface area contributed by atoms with Crippen molar-refractivity contribution < 1.29 is 13.5 Å². The van der Waals surface area contributed by atoms with E-state index in [9.17, 15) is 8.78 Å². The van der Waals surface area contributed by atoms with Gasteiger partial charge < -0.3 is 15.4 Å². The van der Waals surface area contributed by atoms with Gasteiger partial charge in [-0.25, -0.2) is 8.78 Å². The summed E-state index contributed by atoms with van der Waals surface area (Å²) in [6, 6.07) is 11.2. The van der Waals surface area contributed by atoms with Gasteiger partial charge in [-0.3, -0.25) is 0 Å². The molecule has 0 fully saturated rings. The van der Waals surface area contributed by atoms with Crippen molar-refractivity contribution in [1.29, 1.82) is 0 Å². The maximum Gasteiger partial charge on any atom is 0.171 e. The minimum absolute atomic E-state index is 0.131. The van der Waals surface area contributed by atoms with E-state index in [0.29, 0.717) is 17.3 Å².